The number of anilines is 1. The second-order valence-corrected chi connectivity index (χ2v) is 5.14. The van der Waals surface area contributed by atoms with Gasteiger partial charge in [0, 0.05) is 18.3 Å². The zero-order valence-electron chi connectivity index (χ0n) is 7.73. The molecule has 0 aliphatic carbocycles. The summed E-state index contributed by atoms with van der Waals surface area (Å²) in [5, 5.41) is 10.4. The summed E-state index contributed by atoms with van der Waals surface area (Å²) in [6.07, 6.45) is 0.615. The van der Waals surface area contributed by atoms with Crippen molar-refractivity contribution in [3.63, 3.8) is 0 Å². The van der Waals surface area contributed by atoms with Gasteiger partial charge in [0.2, 0.25) is 11.0 Å². The van der Waals surface area contributed by atoms with Crippen molar-refractivity contribution in [2.24, 2.45) is 5.92 Å². The molecule has 6 heteroatoms. The van der Waals surface area contributed by atoms with Gasteiger partial charge in [-0.2, -0.15) is 0 Å². The van der Waals surface area contributed by atoms with Crippen molar-refractivity contribution in [2.45, 2.75) is 13.3 Å². The van der Waals surface area contributed by atoms with Crippen molar-refractivity contribution in [2.75, 3.05) is 16.8 Å². The minimum Gasteiger partial charge on any atom is -0.286 e. The first-order valence-electron chi connectivity index (χ1n) is 4.37. The molecule has 0 saturated carbocycles. The lowest BCUT2D eigenvalue weighted by atomic mass is 10.2. The Kier molecular flexibility index (Phi) is 2.83. The predicted octanol–water partition coefficient (Wildman–Crippen LogP) is 1.59. The zero-order chi connectivity index (χ0) is 10.1. The molecule has 0 bridgehead atoms. The fraction of sp³-hybridized carbons (Fsp3) is 0.625. The van der Waals surface area contributed by atoms with Gasteiger partial charge in [0.25, 0.3) is 0 Å². The molecule has 4 nitrogen and oxygen atoms in total. The van der Waals surface area contributed by atoms with Gasteiger partial charge < -0.3 is 0 Å². The molecule has 0 aromatic carbocycles. The van der Waals surface area contributed by atoms with Crippen LogP contribution in [-0.4, -0.2) is 28.0 Å². The van der Waals surface area contributed by atoms with Crippen LogP contribution in [0.1, 0.15) is 11.4 Å². The van der Waals surface area contributed by atoms with E-state index in [9.17, 15) is 4.79 Å². The van der Waals surface area contributed by atoms with Crippen LogP contribution in [0.4, 0.5) is 5.13 Å². The molecule has 0 spiro atoms. The highest BCUT2D eigenvalue weighted by molar-refractivity contribution is 9.09. The fourth-order valence-corrected chi connectivity index (χ4v) is 2.61. The maximum atomic E-state index is 11.6. The number of amides is 1. The maximum absolute atomic E-state index is 11.6. The number of carbonyl (C=O) groups excluding carboxylic acids is 1. The van der Waals surface area contributed by atoms with Gasteiger partial charge in [-0.1, -0.05) is 27.3 Å². The second kappa shape index (κ2) is 3.94. The first-order chi connectivity index (χ1) is 6.70. The number of carbonyl (C=O) groups is 1. The molecule has 1 aromatic heterocycles. The highest BCUT2D eigenvalue weighted by atomic mass is 79.9. The van der Waals surface area contributed by atoms with Crippen LogP contribution in [0.15, 0.2) is 0 Å². The van der Waals surface area contributed by atoms with E-state index in [0.29, 0.717) is 12.3 Å². The Bertz CT molecular complexity index is 354. The van der Waals surface area contributed by atoms with Crippen molar-refractivity contribution in [1.29, 1.82) is 0 Å². The molecule has 1 fully saturated rings. The van der Waals surface area contributed by atoms with Gasteiger partial charge in [-0.25, -0.2) is 0 Å². The second-order valence-electron chi connectivity index (χ2n) is 3.33. The molecule has 76 valence electrons. The van der Waals surface area contributed by atoms with Crippen molar-refractivity contribution in [3.8, 4) is 0 Å². The van der Waals surface area contributed by atoms with E-state index in [4.69, 9.17) is 0 Å². The van der Waals surface area contributed by atoms with Gasteiger partial charge in [-0.05, 0) is 12.8 Å². The molecular formula is C8H10BrN3OS. The molecule has 1 amide bonds. The zero-order valence-corrected chi connectivity index (χ0v) is 10.1. The van der Waals surface area contributed by atoms with Gasteiger partial charge in [0.05, 0.1) is 0 Å². The molecule has 1 unspecified atom stereocenters. The van der Waals surface area contributed by atoms with Gasteiger partial charge in [0.1, 0.15) is 5.01 Å². The summed E-state index contributed by atoms with van der Waals surface area (Å²) in [4.78, 5) is 13.3. The average Bonchev–Trinajstić information content (AvgIpc) is 2.71. The third kappa shape index (κ3) is 1.81. The van der Waals surface area contributed by atoms with E-state index in [1.54, 1.807) is 4.90 Å². The van der Waals surface area contributed by atoms with E-state index in [2.05, 4.69) is 26.1 Å². The van der Waals surface area contributed by atoms with Crippen LogP contribution in [-0.2, 0) is 4.79 Å². The Morgan fingerprint density at radius 3 is 2.93 bits per heavy atom. The van der Waals surface area contributed by atoms with Crippen molar-refractivity contribution >= 4 is 38.3 Å². The molecule has 1 aromatic rings. The fourth-order valence-electron chi connectivity index (χ4n) is 1.47. The van der Waals surface area contributed by atoms with Crippen LogP contribution in [0.2, 0.25) is 0 Å². The van der Waals surface area contributed by atoms with Gasteiger partial charge in [-0.3, -0.25) is 9.69 Å². The van der Waals surface area contributed by atoms with E-state index in [-0.39, 0.29) is 5.91 Å². The summed E-state index contributed by atoms with van der Waals surface area (Å²) >= 11 is 4.87. The first-order valence-corrected chi connectivity index (χ1v) is 6.31. The summed E-state index contributed by atoms with van der Waals surface area (Å²) < 4.78 is 0. The molecule has 1 aliphatic heterocycles. The Hall–Kier alpha value is -0.490. The number of nitrogens with zero attached hydrogens (tertiary/aromatic N) is 3. The number of aromatic nitrogens is 2. The largest absolute Gasteiger partial charge is 0.286 e. The summed E-state index contributed by atoms with van der Waals surface area (Å²) in [7, 11) is 0. The highest BCUT2D eigenvalue weighted by Gasteiger charge is 2.31. The molecule has 1 saturated heterocycles. The normalized spacial score (nSPS) is 22.0. The lowest BCUT2D eigenvalue weighted by Crippen LogP contribution is -2.24. The molecule has 1 aliphatic rings. The van der Waals surface area contributed by atoms with Crippen molar-refractivity contribution in [1.82, 2.24) is 10.2 Å². The minimum absolute atomic E-state index is 0.158. The topological polar surface area (TPSA) is 46.1 Å². The SMILES string of the molecule is Cc1nnc(N2CC(CBr)CC2=O)s1. The lowest BCUT2D eigenvalue weighted by Gasteiger charge is -2.10. The first kappa shape index (κ1) is 10.0. The van der Waals surface area contributed by atoms with E-state index >= 15 is 0 Å². The molecule has 0 N–H and O–H groups in total. The van der Waals surface area contributed by atoms with Gasteiger partial charge >= 0.3 is 0 Å². The third-order valence-corrected chi connectivity index (χ3v) is 3.95. The number of hydrogen-bond acceptors (Lipinski definition) is 4. The maximum Gasteiger partial charge on any atom is 0.229 e. The van der Waals surface area contributed by atoms with Gasteiger partial charge in [-0.15, -0.1) is 10.2 Å². The monoisotopic (exact) mass is 275 g/mol. The van der Waals surface area contributed by atoms with Crippen LogP contribution >= 0.6 is 27.3 Å². The van der Waals surface area contributed by atoms with E-state index in [1.165, 1.54) is 11.3 Å². The highest BCUT2D eigenvalue weighted by Crippen LogP contribution is 2.27. The van der Waals surface area contributed by atoms with Crippen molar-refractivity contribution < 1.29 is 4.79 Å². The number of rotatable bonds is 2. The smallest absolute Gasteiger partial charge is 0.229 e. The van der Waals surface area contributed by atoms with E-state index in [0.717, 1.165) is 22.0 Å². The Balaban J connectivity index is 2.16. The Labute approximate surface area is 94.5 Å². The lowest BCUT2D eigenvalue weighted by molar-refractivity contribution is -0.117. The molecular weight excluding hydrogens is 266 g/mol. The Morgan fingerprint density at radius 1 is 1.64 bits per heavy atom. The quantitative estimate of drug-likeness (QED) is 0.771. The summed E-state index contributed by atoms with van der Waals surface area (Å²) in [5.74, 6) is 0.567. The van der Waals surface area contributed by atoms with Crippen LogP contribution in [0, 0.1) is 12.8 Å². The van der Waals surface area contributed by atoms with Crippen LogP contribution in [0.25, 0.3) is 0 Å². The van der Waals surface area contributed by atoms with Crippen molar-refractivity contribution in [3.05, 3.63) is 5.01 Å². The summed E-state index contributed by atoms with van der Waals surface area (Å²) in [6, 6.07) is 0. The average molecular weight is 276 g/mol. The van der Waals surface area contributed by atoms with Crippen LogP contribution < -0.4 is 4.90 Å². The number of halogens is 1. The summed E-state index contributed by atoms with van der Waals surface area (Å²) in [5.41, 5.74) is 0. The third-order valence-electron chi connectivity index (χ3n) is 2.17. The van der Waals surface area contributed by atoms with Crippen LogP contribution in [0.3, 0.4) is 0 Å². The molecule has 1 atom stereocenters. The number of alkyl halides is 1. The van der Waals surface area contributed by atoms with Gasteiger partial charge in [0.15, 0.2) is 0 Å². The molecule has 0 radical (unpaired) electrons. The Morgan fingerprint density at radius 2 is 2.43 bits per heavy atom. The predicted molar refractivity (Wildman–Crippen MR) is 58.9 cm³/mol. The standard InChI is InChI=1S/C8H10BrN3OS/c1-5-10-11-8(14-5)12-4-6(3-9)2-7(12)13/h6H,2-4H2,1H3. The summed E-state index contributed by atoms with van der Waals surface area (Å²) in [6.45, 7) is 2.66. The minimum atomic E-state index is 0.158. The molecule has 2 heterocycles. The molecule has 14 heavy (non-hydrogen) atoms. The number of aryl methyl sites for hydroxylation is 1. The molecule has 2 rings (SSSR count). The number of hydrogen-bond donors (Lipinski definition) is 0. The van der Waals surface area contributed by atoms with E-state index in [1.807, 2.05) is 6.92 Å². The van der Waals surface area contributed by atoms with E-state index < -0.39 is 0 Å². The van der Waals surface area contributed by atoms with Crippen LogP contribution in [0.5, 0.6) is 0 Å².